The maximum absolute atomic E-state index is 13.5. The van der Waals surface area contributed by atoms with Crippen LogP contribution in [-0.4, -0.2) is 49.1 Å². The van der Waals surface area contributed by atoms with Gasteiger partial charge in [0.25, 0.3) is 0 Å². The third-order valence-electron chi connectivity index (χ3n) is 6.09. The second-order valence-corrected chi connectivity index (χ2v) is 13.3. The summed E-state index contributed by atoms with van der Waals surface area (Å²) in [5, 5.41) is 6.72. The van der Waals surface area contributed by atoms with Crippen molar-refractivity contribution < 1.29 is 27.0 Å². The van der Waals surface area contributed by atoms with E-state index in [2.05, 4.69) is 36.2 Å². The zero-order valence-corrected chi connectivity index (χ0v) is 25.9. The molecule has 0 bridgehead atoms. The van der Waals surface area contributed by atoms with Crippen molar-refractivity contribution in [3.05, 3.63) is 87.2 Å². The number of benzene rings is 3. The van der Waals surface area contributed by atoms with Gasteiger partial charge < -0.3 is 19.5 Å². The van der Waals surface area contributed by atoms with Crippen LogP contribution in [0.4, 0.5) is 15.9 Å². The minimum Gasteiger partial charge on any atom is -0.496 e. The number of anilines is 2. The summed E-state index contributed by atoms with van der Waals surface area (Å²) in [5.74, 6) is 1.46. The van der Waals surface area contributed by atoms with Crippen molar-refractivity contribution in [1.82, 2.24) is 15.0 Å². The van der Waals surface area contributed by atoms with Gasteiger partial charge in [-0.15, -0.1) is 11.3 Å². The van der Waals surface area contributed by atoms with E-state index in [9.17, 15) is 12.8 Å². The van der Waals surface area contributed by atoms with E-state index >= 15 is 0 Å². The number of halogens is 2. The molecule has 0 saturated heterocycles. The van der Waals surface area contributed by atoms with Gasteiger partial charge in [-0.3, -0.25) is 0 Å². The number of nitrogens with zero attached hydrogens (tertiary/aromatic N) is 3. The lowest BCUT2D eigenvalue weighted by Gasteiger charge is -2.13. The maximum Gasteiger partial charge on any atom is 0.149 e. The molecule has 0 unspecified atom stereocenters. The summed E-state index contributed by atoms with van der Waals surface area (Å²) < 4.78 is 53.9. The number of rotatable bonds is 12. The number of sulfone groups is 1. The van der Waals surface area contributed by atoms with Gasteiger partial charge in [0.1, 0.15) is 50.9 Å². The second kappa shape index (κ2) is 13.1. The van der Waals surface area contributed by atoms with Crippen LogP contribution in [0.1, 0.15) is 10.6 Å². The van der Waals surface area contributed by atoms with Crippen LogP contribution in [0, 0.1) is 5.82 Å². The fraction of sp³-hybridized carbons (Fsp3) is 0.207. The molecule has 5 rings (SSSR count). The molecule has 0 aliphatic heterocycles. The number of aromatic nitrogens is 3. The van der Waals surface area contributed by atoms with Gasteiger partial charge in [-0.1, -0.05) is 12.1 Å². The van der Waals surface area contributed by atoms with Crippen LogP contribution in [0.3, 0.4) is 0 Å². The van der Waals surface area contributed by atoms with Gasteiger partial charge in [0.15, 0.2) is 0 Å². The van der Waals surface area contributed by atoms with Crippen LogP contribution in [-0.2, 0) is 27.8 Å². The Balaban J connectivity index is 1.35. The quantitative estimate of drug-likeness (QED) is 0.148. The molecule has 0 radical (unpaired) electrons. The average molecular weight is 674 g/mol. The zero-order chi connectivity index (χ0) is 29.7. The molecule has 0 saturated carbocycles. The molecule has 218 valence electrons. The molecule has 3 aromatic carbocycles. The monoisotopic (exact) mass is 672 g/mol. The number of methoxy groups -OCH3 is 1. The summed E-state index contributed by atoms with van der Waals surface area (Å²) in [6.07, 6.45) is 2.65. The minimum atomic E-state index is -3.09. The number of fused-ring (bicyclic) bond motifs is 1. The third-order valence-corrected chi connectivity index (χ3v) is 8.44. The maximum atomic E-state index is 13.5. The molecule has 13 heteroatoms. The van der Waals surface area contributed by atoms with E-state index in [4.69, 9.17) is 14.2 Å². The molecular weight excluding hydrogens is 647 g/mol. The molecule has 0 spiro atoms. The highest BCUT2D eigenvalue weighted by molar-refractivity contribution is 9.10. The number of thiazole rings is 1. The molecule has 0 aliphatic carbocycles. The van der Waals surface area contributed by atoms with Crippen LogP contribution >= 0.6 is 27.3 Å². The van der Waals surface area contributed by atoms with Crippen molar-refractivity contribution in [3.63, 3.8) is 0 Å². The summed E-state index contributed by atoms with van der Waals surface area (Å²) in [4.78, 5) is 13.6. The van der Waals surface area contributed by atoms with E-state index in [0.717, 1.165) is 26.7 Å². The summed E-state index contributed by atoms with van der Waals surface area (Å²) in [6.45, 7) is 0.549. The van der Waals surface area contributed by atoms with E-state index in [1.807, 2.05) is 35.7 Å². The average Bonchev–Trinajstić information content (AvgIpc) is 3.43. The summed E-state index contributed by atoms with van der Waals surface area (Å²) in [7, 11) is -1.50. The molecule has 0 fully saturated rings. The fourth-order valence-electron chi connectivity index (χ4n) is 4.04. The summed E-state index contributed by atoms with van der Waals surface area (Å²) in [5.41, 5.74) is 3.62. The van der Waals surface area contributed by atoms with Crippen LogP contribution in [0.25, 0.3) is 22.2 Å². The SMILES string of the molecule is COc1cc2ncnc(Nc3ccc(OCc4cccc(F)c4)c(Br)c3)c2cc1-c1csc(COCCS(C)(=O)=O)n1. The molecule has 9 nitrogen and oxygen atoms in total. The summed E-state index contributed by atoms with van der Waals surface area (Å²) in [6, 6.07) is 15.6. The smallest absolute Gasteiger partial charge is 0.149 e. The Hall–Kier alpha value is -3.65. The van der Waals surface area contributed by atoms with Gasteiger partial charge in [-0.05, 0) is 57.9 Å². The van der Waals surface area contributed by atoms with Crippen molar-refractivity contribution >= 4 is 59.5 Å². The number of nitrogens with one attached hydrogen (secondary N) is 1. The molecule has 42 heavy (non-hydrogen) atoms. The standard InChI is InChI=1S/C29H26BrFN4O5S2/c1-38-27-13-24-22(12-21(27)25-16-41-28(35-25)15-39-8-9-42(2,36)37)29(33-17-32-24)34-20-6-7-26(23(30)11-20)40-14-18-4-3-5-19(31)10-18/h3-7,10-13,16-17H,8-9,14-15H2,1-2H3,(H,32,33,34). The van der Waals surface area contributed by atoms with Crippen molar-refractivity contribution in [3.8, 4) is 22.8 Å². The normalized spacial score (nSPS) is 11.5. The van der Waals surface area contributed by atoms with Crippen molar-refractivity contribution in [2.24, 2.45) is 0 Å². The lowest BCUT2D eigenvalue weighted by molar-refractivity contribution is 0.135. The largest absolute Gasteiger partial charge is 0.496 e. The molecule has 1 N–H and O–H groups in total. The predicted octanol–water partition coefficient (Wildman–Crippen LogP) is 6.55. The zero-order valence-electron chi connectivity index (χ0n) is 22.6. The minimum absolute atomic E-state index is 0.0409. The molecule has 5 aromatic rings. The van der Waals surface area contributed by atoms with E-state index in [0.29, 0.717) is 33.5 Å². The van der Waals surface area contributed by atoms with E-state index < -0.39 is 9.84 Å². The van der Waals surface area contributed by atoms with Gasteiger partial charge in [0, 0.05) is 34.3 Å². The highest BCUT2D eigenvalue weighted by Gasteiger charge is 2.16. The molecule has 2 heterocycles. The van der Waals surface area contributed by atoms with Crippen LogP contribution < -0.4 is 14.8 Å². The van der Waals surface area contributed by atoms with Crippen molar-refractivity contribution in [2.45, 2.75) is 13.2 Å². The topological polar surface area (TPSA) is 113 Å². The van der Waals surface area contributed by atoms with Gasteiger partial charge >= 0.3 is 0 Å². The molecule has 0 aliphatic rings. The first kappa shape index (κ1) is 29.8. The number of ether oxygens (including phenoxy) is 3. The van der Waals surface area contributed by atoms with Gasteiger partial charge in [0.2, 0.25) is 0 Å². The second-order valence-electron chi connectivity index (χ2n) is 9.29. The highest BCUT2D eigenvalue weighted by atomic mass is 79.9. The molecule has 2 aromatic heterocycles. The Kier molecular flexibility index (Phi) is 9.31. The molecule has 0 atom stereocenters. The lowest BCUT2D eigenvalue weighted by Crippen LogP contribution is -2.09. The first-order chi connectivity index (χ1) is 20.2. The number of hydrogen-bond donors (Lipinski definition) is 1. The Morgan fingerprint density at radius 1 is 1.05 bits per heavy atom. The fourth-order valence-corrected chi connectivity index (χ4v) is 5.69. The van der Waals surface area contributed by atoms with Crippen molar-refractivity contribution in [2.75, 3.05) is 31.0 Å². The Morgan fingerprint density at radius 2 is 1.90 bits per heavy atom. The predicted molar refractivity (Wildman–Crippen MR) is 165 cm³/mol. The van der Waals surface area contributed by atoms with E-state index in [1.54, 1.807) is 19.2 Å². The van der Waals surface area contributed by atoms with Crippen LogP contribution in [0.2, 0.25) is 0 Å². The van der Waals surface area contributed by atoms with Gasteiger partial charge in [-0.2, -0.15) is 0 Å². The Bertz CT molecular complexity index is 1830. The third kappa shape index (κ3) is 7.59. The first-order valence-electron chi connectivity index (χ1n) is 12.7. The van der Waals surface area contributed by atoms with Crippen LogP contribution in [0.15, 0.2) is 70.8 Å². The Morgan fingerprint density at radius 3 is 2.67 bits per heavy atom. The van der Waals surface area contributed by atoms with Crippen LogP contribution in [0.5, 0.6) is 11.5 Å². The molecule has 0 amide bonds. The summed E-state index contributed by atoms with van der Waals surface area (Å²) >= 11 is 4.97. The van der Waals surface area contributed by atoms with Gasteiger partial charge in [-0.25, -0.2) is 27.8 Å². The molecular formula is C29H26BrFN4O5S2. The van der Waals surface area contributed by atoms with Gasteiger partial charge in [0.05, 0.1) is 41.8 Å². The first-order valence-corrected chi connectivity index (χ1v) is 16.4. The van der Waals surface area contributed by atoms with E-state index in [-0.39, 0.29) is 31.4 Å². The van der Waals surface area contributed by atoms with E-state index in [1.165, 1.54) is 36.1 Å². The highest BCUT2D eigenvalue weighted by Crippen LogP contribution is 2.37. The Labute approximate surface area is 254 Å². The number of hydrogen-bond acceptors (Lipinski definition) is 10. The lowest BCUT2D eigenvalue weighted by atomic mass is 10.1. The van der Waals surface area contributed by atoms with Crippen molar-refractivity contribution in [1.29, 1.82) is 0 Å².